The molecule has 0 amide bonds. The number of aromatic nitrogens is 3. The summed E-state index contributed by atoms with van der Waals surface area (Å²) >= 11 is 1.42. The maximum atomic E-state index is 11.9. The second kappa shape index (κ2) is 5.60. The lowest BCUT2D eigenvalue weighted by molar-refractivity contribution is 0.644. The van der Waals surface area contributed by atoms with Crippen molar-refractivity contribution in [1.82, 2.24) is 19.9 Å². The van der Waals surface area contributed by atoms with E-state index in [2.05, 4.69) is 32.8 Å². The van der Waals surface area contributed by atoms with E-state index in [1.165, 1.54) is 17.0 Å². The van der Waals surface area contributed by atoms with Crippen LogP contribution in [0.2, 0.25) is 0 Å². The molecule has 0 saturated heterocycles. The predicted molar refractivity (Wildman–Crippen MR) is 81.2 cm³/mol. The summed E-state index contributed by atoms with van der Waals surface area (Å²) in [6.07, 6.45) is 2.00. The Bertz CT molecular complexity index is 771. The van der Waals surface area contributed by atoms with E-state index in [1.807, 2.05) is 23.7 Å². The van der Waals surface area contributed by atoms with Crippen LogP contribution in [0.25, 0.3) is 10.2 Å². The van der Waals surface area contributed by atoms with Gasteiger partial charge in [0.2, 0.25) is 0 Å². The summed E-state index contributed by atoms with van der Waals surface area (Å²) in [4.78, 5) is 19.3. The van der Waals surface area contributed by atoms with E-state index in [1.54, 1.807) is 0 Å². The van der Waals surface area contributed by atoms with Crippen molar-refractivity contribution in [3.63, 3.8) is 0 Å². The molecule has 3 aromatic rings. The zero-order valence-electron chi connectivity index (χ0n) is 11.2. The third-order valence-corrected chi connectivity index (χ3v) is 4.07. The molecule has 104 valence electrons. The van der Waals surface area contributed by atoms with Gasteiger partial charge >= 0.3 is 0 Å². The highest BCUT2D eigenvalue weighted by atomic mass is 32.1. The zero-order valence-corrected chi connectivity index (χ0v) is 12.0. The van der Waals surface area contributed by atoms with E-state index in [-0.39, 0.29) is 5.56 Å². The van der Waals surface area contributed by atoms with Gasteiger partial charge in [-0.15, -0.1) is 11.3 Å². The minimum absolute atomic E-state index is 0.0552. The summed E-state index contributed by atoms with van der Waals surface area (Å²) < 4.78 is 2.79. The van der Waals surface area contributed by atoms with E-state index in [0.717, 1.165) is 18.6 Å². The number of H-pyrrole nitrogens is 1. The van der Waals surface area contributed by atoms with Crippen molar-refractivity contribution in [3.05, 3.63) is 51.6 Å². The van der Waals surface area contributed by atoms with Crippen LogP contribution in [0.5, 0.6) is 0 Å². The highest BCUT2D eigenvalue weighted by molar-refractivity contribution is 7.17. The van der Waals surface area contributed by atoms with Gasteiger partial charge < -0.3 is 14.9 Å². The molecular formula is C14H16N4OS. The minimum Gasteiger partial charge on any atom is -0.343 e. The Morgan fingerprint density at radius 3 is 3.20 bits per heavy atom. The second-order valence-electron chi connectivity index (χ2n) is 4.56. The smallest absolute Gasteiger partial charge is 0.268 e. The quantitative estimate of drug-likeness (QED) is 0.754. The second-order valence-corrected chi connectivity index (χ2v) is 5.47. The van der Waals surface area contributed by atoms with Crippen molar-refractivity contribution in [2.24, 2.45) is 0 Å². The standard InChI is InChI=1S/C14H16N4OS/c1-2-15-8-10-4-3-6-18(10)9-12-16-11-5-7-20-13(11)14(19)17-12/h3-7,15H,2,8-9H2,1H3,(H,16,17,19). The van der Waals surface area contributed by atoms with Crippen molar-refractivity contribution in [2.45, 2.75) is 20.0 Å². The van der Waals surface area contributed by atoms with Gasteiger partial charge in [0.1, 0.15) is 10.5 Å². The molecular weight excluding hydrogens is 272 g/mol. The first-order chi connectivity index (χ1) is 9.78. The highest BCUT2D eigenvalue weighted by Crippen LogP contribution is 2.14. The molecule has 0 atom stereocenters. The molecule has 2 N–H and O–H groups in total. The molecule has 0 unspecified atom stereocenters. The molecule has 0 radical (unpaired) electrons. The van der Waals surface area contributed by atoms with Crippen LogP contribution in [0.4, 0.5) is 0 Å². The van der Waals surface area contributed by atoms with E-state index in [4.69, 9.17) is 0 Å². The van der Waals surface area contributed by atoms with Gasteiger partial charge in [-0.3, -0.25) is 4.79 Å². The zero-order chi connectivity index (χ0) is 13.9. The molecule has 3 aromatic heterocycles. The first kappa shape index (κ1) is 13.1. The fraction of sp³-hybridized carbons (Fsp3) is 0.286. The minimum atomic E-state index is -0.0552. The Hall–Kier alpha value is -1.92. The number of rotatable bonds is 5. The predicted octanol–water partition coefficient (Wildman–Crippen LogP) is 1.94. The van der Waals surface area contributed by atoms with Crippen molar-refractivity contribution in [1.29, 1.82) is 0 Å². The molecule has 0 aliphatic rings. The van der Waals surface area contributed by atoms with Crippen LogP contribution in [0.1, 0.15) is 18.4 Å². The highest BCUT2D eigenvalue weighted by Gasteiger charge is 2.07. The van der Waals surface area contributed by atoms with Gasteiger partial charge in [-0.05, 0) is 30.1 Å². The van der Waals surface area contributed by atoms with Crippen molar-refractivity contribution >= 4 is 21.6 Å². The Kier molecular flexibility index (Phi) is 3.66. The molecule has 20 heavy (non-hydrogen) atoms. The Balaban J connectivity index is 1.89. The van der Waals surface area contributed by atoms with Gasteiger partial charge in [0.15, 0.2) is 0 Å². The number of nitrogens with one attached hydrogen (secondary N) is 2. The number of thiophene rings is 1. The fourth-order valence-corrected chi connectivity index (χ4v) is 2.90. The molecule has 6 heteroatoms. The van der Waals surface area contributed by atoms with Crippen LogP contribution in [0.3, 0.4) is 0 Å². The topological polar surface area (TPSA) is 62.7 Å². The van der Waals surface area contributed by atoms with Crippen LogP contribution in [0.15, 0.2) is 34.6 Å². The van der Waals surface area contributed by atoms with Gasteiger partial charge in [-0.25, -0.2) is 4.98 Å². The normalized spacial score (nSPS) is 11.2. The van der Waals surface area contributed by atoms with Gasteiger partial charge in [0.05, 0.1) is 12.1 Å². The van der Waals surface area contributed by atoms with E-state index in [9.17, 15) is 4.79 Å². The summed E-state index contributed by atoms with van der Waals surface area (Å²) in [6, 6.07) is 5.96. The van der Waals surface area contributed by atoms with Gasteiger partial charge in [-0.2, -0.15) is 0 Å². The van der Waals surface area contributed by atoms with E-state index in [0.29, 0.717) is 17.1 Å². The molecule has 0 bridgehead atoms. The number of aromatic amines is 1. The third kappa shape index (κ3) is 2.52. The van der Waals surface area contributed by atoms with Crippen LogP contribution in [-0.2, 0) is 13.1 Å². The van der Waals surface area contributed by atoms with Crippen molar-refractivity contribution in [3.8, 4) is 0 Å². The lowest BCUT2D eigenvalue weighted by Gasteiger charge is -2.09. The third-order valence-electron chi connectivity index (χ3n) is 3.16. The summed E-state index contributed by atoms with van der Waals surface area (Å²) in [5, 5.41) is 5.19. The van der Waals surface area contributed by atoms with E-state index >= 15 is 0 Å². The van der Waals surface area contributed by atoms with Gasteiger partial charge in [-0.1, -0.05) is 6.92 Å². The summed E-state index contributed by atoms with van der Waals surface area (Å²) in [6.45, 7) is 4.40. The maximum absolute atomic E-state index is 11.9. The molecule has 0 spiro atoms. The number of fused-ring (bicyclic) bond motifs is 1. The molecule has 0 aliphatic heterocycles. The summed E-state index contributed by atoms with van der Waals surface area (Å²) in [5.74, 6) is 0.690. The number of hydrogen-bond acceptors (Lipinski definition) is 4. The first-order valence-corrected chi connectivity index (χ1v) is 7.47. The average Bonchev–Trinajstić information content (AvgIpc) is 3.05. The van der Waals surface area contributed by atoms with Crippen LogP contribution >= 0.6 is 11.3 Å². The fourth-order valence-electron chi connectivity index (χ4n) is 2.18. The van der Waals surface area contributed by atoms with Gasteiger partial charge in [0, 0.05) is 18.4 Å². The Morgan fingerprint density at radius 1 is 1.45 bits per heavy atom. The lowest BCUT2D eigenvalue weighted by Crippen LogP contribution is -2.17. The average molecular weight is 288 g/mol. The molecule has 3 rings (SSSR count). The lowest BCUT2D eigenvalue weighted by atomic mass is 10.4. The first-order valence-electron chi connectivity index (χ1n) is 6.59. The SMILES string of the molecule is CCNCc1cccn1Cc1nc2ccsc2c(=O)[nH]1. The molecule has 0 saturated carbocycles. The molecule has 0 fully saturated rings. The summed E-state index contributed by atoms with van der Waals surface area (Å²) in [7, 11) is 0. The van der Waals surface area contributed by atoms with Gasteiger partial charge in [0.25, 0.3) is 5.56 Å². The van der Waals surface area contributed by atoms with Crippen LogP contribution in [0, 0.1) is 0 Å². The van der Waals surface area contributed by atoms with Crippen LogP contribution in [-0.4, -0.2) is 21.1 Å². The molecule has 0 aliphatic carbocycles. The van der Waals surface area contributed by atoms with Crippen molar-refractivity contribution in [2.75, 3.05) is 6.54 Å². The molecule has 3 heterocycles. The van der Waals surface area contributed by atoms with Crippen LogP contribution < -0.4 is 10.9 Å². The van der Waals surface area contributed by atoms with Crippen molar-refractivity contribution < 1.29 is 0 Å². The maximum Gasteiger partial charge on any atom is 0.268 e. The molecule has 5 nitrogen and oxygen atoms in total. The molecule has 0 aromatic carbocycles. The monoisotopic (exact) mass is 288 g/mol. The summed E-state index contributed by atoms with van der Waals surface area (Å²) in [5.41, 5.74) is 1.90. The van der Waals surface area contributed by atoms with E-state index < -0.39 is 0 Å². The number of hydrogen-bond donors (Lipinski definition) is 2. The number of nitrogens with zero attached hydrogens (tertiary/aromatic N) is 2. The Labute approximate surface area is 120 Å². The largest absolute Gasteiger partial charge is 0.343 e. The Morgan fingerprint density at radius 2 is 2.35 bits per heavy atom.